The van der Waals surface area contributed by atoms with Crippen molar-refractivity contribution < 1.29 is 14.7 Å². The van der Waals surface area contributed by atoms with Gasteiger partial charge in [-0.1, -0.05) is 42.5 Å². The van der Waals surface area contributed by atoms with E-state index >= 15 is 0 Å². The van der Waals surface area contributed by atoms with Crippen molar-refractivity contribution >= 4 is 22.8 Å². The van der Waals surface area contributed by atoms with E-state index in [0.717, 1.165) is 16.8 Å². The molecular weight excluding hydrogens is 594 g/mol. The highest BCUT2D eigenvalue weighted by Gasteiger charge is 2.41. The minimum absolute atomic E-state index is 0.0516. The summed E-state index contributed by atoms with van der Waals surface area (Å²) in [7, 11) is 3.72. The zero-order valence-electron chi connectivity index (χ0n) is 26.7. The van der Waals surface area contributed by atoms with Crippen LogP contribution in [0.15, 0.2) is 90.2 Å². The van der Waals surface area contributed by atoms with Gasteiger partial charge in [-0.05, 0) is 49.1 Å². The van der Waals surface area contributed by atoms with Gasteiger partial charge >= 0.3 is 0 Å². The van der Waals surface area contributed by atoms with Gasteiger partial charge in [-0.15, -0.1) is 0 Å². The molecule has 47 heavy (non-hydrogen) atoms. The maximum Gasteiger partial charge on any atom is 0.262 e. The number of fused-ring (bicyclic) bond motifs is 1. The molecule has 3 aromatic heterocycles. The van der Waals surface area contributed by atoms with Crippen LogP contribution in [0, 0.1) is 5.92 Å². The first-order valence-corrected chi connectivity index (χ1v) is 16.1. The topological polar surface area (TPSA) is 118 Å². The maximum absolute atomic E-state index is 14.1. The second kappa shape index (κ2) is 12.3. The number of likely N-dealkylation sites (tertiary alicyclic amines) is 2. The summed E-state index contributed by atoms with van der Waals surface area (Å²) in [6.07, 6.45) is 6.30. The smallest absolute Gasteiger partial charge is 0.262 e. The number of piperidine rings is 2. The summed E-state index contributed by atoms with van der Waals surface area (Å²) in [5, 5.41) is 16.3. The molecule has 2 saturated heterocycles. The van der Waals surface area contributed by atoms with E-state index in [1.54, 1.807) is 27.7 Å². The van der Waals surface area contributed by atoms with Crippen LogP contribution in [0.2, 0.25) is 0 Å². The van der Waals surface area contributed by atoms with E-state index in [0.29, 0.717) is 62.0 Å². The Labute approximate surface area is 272 Å². The van der Waals surface area contributed by atoms with Gasteiger partial charge < -0.3 is 19.5 Å². The molecule has 2 amide bonds. The van der Waals surface area contributed by atoms with Gasteiger partial charge in [0.1, 0.15) is 12.0 Å². The summed E-state index contributed by atoms with van der Waals surface area (Å²) in [6.45, 7) is 1.83. The Hall–Kier alpha value is -5.03. The molecule has 2 fully saturated rings. The zero-order valence-corrected chi connectivity index (χ0v) is 26.7. The van der Waals surface area contributed by atoms with Crippen LogP contribution in [0.1, 0.15) is 41.1 Å². The number of hydrogen-bond donors (Lipinski definition) is 1. The van der Waals surface area contributed by atoms with Crippen LogP contribution in [-0.2, 0) is 25.4 Å². The average Bonchev–Trinajstić information content (AvgIpc) is 3.71. The molecule has 2 aliphatic heterocycles. The molecule has 0 radical (unpaired) electrons. The quantitative estimate of drug-likeness (QED) is 0.306. The van der Waals surface area contributed by atoms with Gasteiger partial charge in [0.05, 0.1) is 23.2 Å². The molecule has 1 N–H and O–H groups in total. The Morgan fingerprint density at radius 1 is 0.957 bits per heavy atom. The fourth-order valence-corrected chi connectivity index (χ4v) is 7.27. The number of aliphatic hydroxyl groups is 1. The Morgan fingerprint density at radius 3 is 2.49 bits per heavy atom. The first-order valence-electron chi connectivity index (χ1n) is 16.1. The summed E-state index contributed by atoms with van der Waals surface area (Å²) in [5.74, 6) is -0.455. The number of hydrogen-bond acceptors (Lipinski definition) is 6. The summed E-state index contributed by atoms with van der Waals surface area (Å²) < 4.78 is 5.06. The fourth-order valence-electron chi connectivity index (χ4n) is 7.27. The van der Waals surface area contributed by atoms with E-state index in [9.17, 15) is 19.5 Å². The third-order valence-corrected chi connectivity index (χ3v) is 9.99. The van der Waals surface area contributed by atoms with Crippen molar-refractivity contribution in [1.82, 2.24) is 33.7 Å². The SMILES string of the molecule is Cn1nccc1-c1cccc(C(=O)N2CC[C@@H](C(=O)N3CCC(O)(Cn4cnc5c(ccn5C)c4=O)CC3)[C@H](c3ccccc3)C2)c1. The Kier molecular flexibility index (Phi) is 8.01. The average molecular weight is 634 g/mol. The molecule has 0 spiro atoms. The molecule has 2 aliphatic rings. The largest absolute Gasteiger partial charge is 0.388 e. The number of benzene rings is 2. The van der Waals surface area contributed by atoms with Crippen LogP contribution in [0.5, 0.6) is 0 Å². The molecule has 7 rings (SSSR count). The van der Waals surface area contributed by atoms with Gasteiger partial charge in [0.15, 0.2) is 0 Å². The predicted octanol–water partition coefficient (Wildman–Crippen LogP) is 3.44. The lowest BCUT2D eigenvalue weighted by atomic mass is 9.79. The van der Waals surface area contributed by atoms with Crippen molar-refractivity contribution in [3.05, 3.63) is 107 Å². The number of carbonyl (C=O) groups is 2. The molecule has 2 atom stereocenters. The molecule has 242 valence electrons. The van der Waals surface area contributed by atoms with Gasteiger partial charge in [0.25, 0.3) is 11.5 Å². The van der Waals surface area contributed by atoms with Crippen molar-refractivity contribution in [3.8, 4) is 11.3 Å². The monoisotopic (exact) mass is 633 g/mol. The number of nitrogens with zero attached hydrogens (tertiary/aromatic N) is 7. The molecule has 5 aromatic rings. The van der Waals surface area contributed by atoms with Crippen molar-refractivity contribution in [1.29, 1.82) is 0 Å². The van der Waals surface area contributed by atoms with Gasteiger partial charge in [-0.25, -0.2) is 4.98 Å². The molecule has 0 aliphatic carbocycles. The summed E-state index contributed by atoms with van der Waals surface area (Å²) in [6, 6.07) is 21.3. The summed E-state index contributed by atoms with van der Waals surface area (Å²) in [4.78, 5) is 49.2. The molecule has 2 aromatic carbocycles. The Balaban J connectivity index is 1.05. The van der Waals surface area contributed by atoms with Crippen molar-refractivity contribution in [2.24, 2.45) is 20.0 Å². The van der Waals surface area contributed by atoms with Gasteiger partial charge in [-0.2, -0.15) is 5.10 Å². The molecular formula is C36H39N7O4. The van der Waals surface area contributed by atoms with Crippen LogP contribution < -0.4 is 5.56 Å². The number of aromatic nitrogens is 5. The first kappa shape index (κ1) is 30.6. The van der Waals surface area contributed by atoms with Crippen LogP contribution >= 0.6 is 0 Å². The standard InChI is InChI=1S/C36H39N7O4/c1-39-17-12-29-32(39)37-24-43(35(29)46)23-36(47)14-19-41(20-15-36)34(45)28-13-18-42(22-30(28)25-7-4-3-5-8-25)33(44)27-10-6-9-26(21-27)31-11-16-38-40(31)2/h3-12,16-17,21,24,28,30,47H,13-15,18-20,22-23H2,1-2H3/t28-,30+/m1/s1. The Bertz CT molecular complexity index is 1990. The lowest BCUT2D eigenvalue weighted by Gasteiger charge is -2.43. The molecule has 5 heterocycles. The number of amides is 2. The van der Waals surface area contributed by atoms with E-state index in [2.05, 4.69) is 10.1 Å². The third-order valence-electron chi connectivity index (χ3n) is 9.99. The lowest BCUT2D eigenvalue weighted by Crippen LogP contribution is -2.53. The normalized spacial score (nSPS) is 19.6. The molecule has 0 saturated carbocycles. The second-order valence-electron chi connectivity index (χ2n) is 13.0. The van der Waals surface area contributed by atoms with Gasteiger partial charge in [-0.3, -0.25) is 23.6 Å². The molecule has 0 unspecified atom stereocenters. The summed E-state index contributed by atoms with van der Waals surface area (Å²) >= 11 is 0. The highest BCUT2D eigenvalue weighted by Crippen LogP contribution is 2.36. The van der Waals surface area contributed by atoms with Crippen molar-refractivity contribution in [2.45, 2.75) is 37.3 Å². The fraction of sp³-hybridized carbons (Fsp3) is 0.361. The van der Waals surface area contributed by atoms with E-state index in [1.165, 1.54) is 10.9 Å². The molecule has 11 heteroatoms. The van der Waals surface area contributed by atoms with E-state index < -0.39 is 5.60 Å². The summed E-state index contributed by atoms with van der Waals surface area (Å²) in [5.41, 5.74) is 2.80. The molecule has 0 bridgehead atoms. The van der Waals surface area contributed by atoms with Crippen LogP contribution in [0.3, 0.4) is 0 Å². The van der Waals surface area contributed by atoms with E-state index in [1.807, 2.05) is 84.6 Å². The van der Waals surface area contributed by atoms with Crippen LogP contribution in [-0.4, -0.2) is 82.4 Å². The molecule has 11 nitrogen and oxygen atoms in total. The number of carbonyl (C=O) groups excluding carboxylic acids is 2. The van der Waals surface area contributed by atoms with Gasteiger partial charge in [0.2, 0.25) is 5.91 Å². The third kappa shape index (κ3) is 5.87. The van der Waals surface area contributed by atoms with E-state index in [-0.39, 0.29) is 35.8 Å². The predicted molar refractivity (Wildman–Crippen MR) is 178 cm³/mol. The minimum atomic E-state index is -1.12. The van der Waals surface area contributed by atoms with E-state index in [4.69, 9.17) is 0 Å². The number of rotatable bonds is 6. The Morgan fingerprint density at radius 2 is 1.74 bits per heavy atom. The lowest BCUT2D eigenvalue weighted by molar-refractivity contribution is -0.142. The second-order valence-corrected chi connectivity index (χ2v) is 13.0. The zero-order chi connectivity index (χ0) is 32.7. The highest BCUT2D eigenvalue weighted by molar-refractivity contribution is 5.95. The maximum atomic E-state index is 14.1. The highest BCUT2D eigenvalue weighted by atomic mass is 16.3. The van der Waals surface area contributed by atoms with Crippen molar-refractivity contribution in [3.63, 3.8) is 0 Å². The number of aryl methyl sites for hydroxylation is 2. The van der Waals surface area contributed by atoms with Crippen LogP contribution in [0.4, 0.5) is 0 Å². The van der Waals surface area contributed by atoms with Crippen LogP contribution in [0.25, 0.3) is 22.3 Å². The van der Waals surface area contributed by atoms with Gasteiger partial charge in [0, 0.05) is 75.6 Å². The minimum Gasteiger partial charge on any atom is -0.388 e. The van der Waals surface area contributed by atoms with Crippen molar-refractivity contribution in [2.75, 3.05) is 26.2 Å². The first-order chi connectivity index (χ1) is 22.7.